The molecule has 0 aromatic heterocycles. The molecular weight excluding hydrogens is 158 g/mol. The summed E-state index contributed by atoms with van der Waals surface area (Å²) < 4.78 is -0.350. The summed E-state index contributed by atoms with van der Waals surface area (Å²) in [6, 6.07) is -0.380. The highest BCUT2D eigenvalue weighted by Gasteiger charge is 2.46. The molecule has 2 aliphatic rings. The summed E-state index contributed by atoms with van der Waals surface area (Å²) in [5.74, 6) is 0. The monoisotopic (exact) mass is 171 g/mol. The molecule has 2 heterocycles. The summed E-state index contributed by atoms with van der Waals surface area (Å²) in [6.45, 7) is 0.799. The van der Waals surface area contributed by atoms with Crippen molar-refractivity contribution in [3.63, 3.8) is 0 Å². The lowest BCUT2D eigenvalue weighted by molar-refractivity contribution is -0.877. The Kier molecular flexibility index (Phi) is 1.73. The Morgan fingerprint density at radius 3 is 3.08 bits per heavy atom. The van der Waals surface area contributed by atoms with E-state index in [9.17, 15) is 10.3 Å². The first-order chi connectivity index (χ1) is 5.67. The lowest BCUT2D eigenvalue weighted by Gasteiger charge is -2.40. The minimum absolute atomic E-state index is 0.0933. The van der Waals surface area contributed by atoms with E-state index in [0.717, 1.165) is 5.57 Å². The van der Waals surface area contributed by atoms with Gasteiger partial charge in [0.25, 0.3) is 0 Å². The van der Waals surface area contributed by atoms with Gasteiger partial charge in [-0.1, -0.05) is 0 Å². The first-order valence-electron chi connectivity index (χ1n) is 4.23. The van der Waals surface area contributed by atoms with Crippen LogP contribution in [0.15, 0.2) is 11.6 Å². The number of aliphatic hydroxyl groups is 2. The maximum Gasteiger partial charge on any atom is 0.139 e. The van der Waals surface area contributed by atoms with Crippen molar-refractivity contribution in [2.75, 3.05) is 19.7 Å². The number of hydrogen-bond donors (Lipinski definition) is 2. The lowest BCUT2D eigenvalue weighted by atomic mass is 10.1. The van der Waals surface area contributed by atoms with Crippen LogP contribution in [0, 0.1) is 5.21 Å². The van der Waals surface area contributed by atoms with Crippen LogP contribution >= 0.6 is 0 Å². The van der Waals surface area contributed by atoms with Crippen LogP contribution in [0.1, 0.15) is 6.42 Å². The summed E-state index contributed by atoms with van der Waals surface area (Å²) in [4.78, 5) is 0. The van der Waals surface area contributed by atoms with Crippen LogP contribution in [-0.2, 0) is 0 Å². The number of hydroxylamine groups is 3. The summed E-state index contributed by atoms with van der Waals surface area (Å²) in [5, 5.41) is 30.3. The zero-order valence-corrected chi connectivity index (χ0v) is 6.81. The molecule has 68 valence electrons. The van der Waals surface area contributed by atoms with Crippen molar-refractivity contribution in [2.45, 2.75) is 18.6 Å². The van der Waals surface area contributed by atoms with Crippen LogP contribution in [0.25, 0.3) is 0 Å². The highest BCUT2D eigenvalue weighted by Crippen LogP contribution is 2.35. The Balaban J connectivity index is 2.25. The normalized spacial score (nSPS) is 46.1. The van der Waals surface area contributed by atoms with Crippen LogP contribution in [0.4, 0.5) is 0 Å². The SMILES string of the molecule is [O-][N@+]12CC=C(CO)[C@@H]1[C@H](O)CC2. The minimum atomic E-state index is -0.552. The molecule has 4 heteroatoms. The third-order valence-electron chi connectivity index (χ3n) is 2.90. The van der Waals surface area contributed by atoms with Crippen LogP contribution in [0.5, 0.6) is 0 Å². The van der Waals surface area contributed by atoms with Gasteiger partial charge in [-0.25, -0.2) is 0 Å². The smallest absolute Gasteiger partial charge is 0.139 e. The molecule has 0 radical (unpaired) electrons. The van der Waals surface area contributed by atoms with Gasteiger partial charge in [-0.2, -0.15) is 0 Å². The molecule has 3 atom stereocenters. The van der Waals surface area contributed by atoms with E-state index in [1.54, 1.807) is 6.08 Å². The molecule has 0 amide bonds. The maximum atomic E-state index is 11.9. The van der Waals surface area contributed by atoms with Crippen molar-refractivity contribution in [3.8, 4) is 0 Å². The second-order valence-electron chi connectivity index (χ2n) is 3.60. The quantitative estimate of drug-likeness (QED) is 0.313. The topological polar surface area (TPSA) is 63.5 Å². The highest BCUT2D eigenvalue weighted by molar-refractivity contribution is 5.17. The molecule has 0 aromatic rings. The lowest BCUT2D eigenvalue weighted by Crippen LogP contribution is -2.46. The van der Waals surface area contributed by atoms with Crippen LogP contribution in [-0.4, -0.2) is 46.7 Å². The third-order valence-corrected chi connectivity index (χ3v) is 2.90. The molecule has 2 aliphatic heterocycles. The van der Waals surface area contributed by atoms with Crippen molar-refractivity contribution in [1.29, 1.82) is 0 Å². The second kappa shape index (κ2) is 2.53. The van der Waals surface area contributed by atoms with Crippen LogP contribution < -0.4 is 0 Å². The van der Waals surface area contributed by atoms with Gasteiger partial charge in [0, 0.05) is 12.0 Å². The Bertz CT molecular complexity index is 228. The third kappa shape index (κ3) is 0.927. The van der Waals surface area contributed by atoms with Crippen LogP contribution in [0.2, 0.25) is 0 Å². The fourth-order valence-corrected chi connectivity index (χ4v) is 2.27. The number of nitrogens with zero attached hydrogens (tertiary/aromatic N) is 1. The molecule has 1 saturated heterocycles. The van der Waals surface area contributed by atoms with E-state index in [2.05, 4.69) is 0 Å². The summed E-state index contributed by atoms with van der Waals surface area (Å²) in [6.07, 6.45) is 1.77. The van der Waals surface area contributed by atoms with Crippen molar-refractivity contribution >= 4 is 0 Å². The molecule has 1 fully saturated rings. The zero-order chi connectivity index (χ0) is 8.77. The van der Waals surface area contributed by atoms with E-state index in [-0.39, 0.29) is 17.3 Å². The second-order valence-corrected chi connectivity index (χ2v) is 3.60. The summed E-state index contributed by atoms with van der Waals surface area (Å²) in [5.41, 5.74) is 0.718. The van der Waals surface area contributed by atoms with E-state index >= 15 is 0 Å². The van der Waals surface area contributed by atoms with E-state index in [1.165, 1.54) is 0 Å². The van der Waals surface area contributed by atoms with E-state index < -0.39 is 6.10 Å². The predicted octanol–water partition coefficient (Wildman–Crippen LogP) is -0.634. The maximum absolute atomic E-state index is 11.9. The first-order valence-corrected chi connectivity index (χ1v) is 4.23. The molecule has 12 heavy (non-hydrogen) atoms. The molecular formula is C8H13NO3. The zero-order valence-electron chi connectivity index (χ0n) is 6.81. The molecule has 0 aliphatic carbocycles. The van der Waals surface area contributed by atoms with Gasteiger partial charge >= 0.3 is 0 Å². The molecule has 2 rings (SSSR count). The number of rotatable bonds is 1. The van der Waals surface area contributed by atoms with Crippen molar-refractivity contribution in [2.24, 2.45) is 0 Å². The molecule has 0 aromatic carbocycles. The number of quaternary nitrogens is 1. The fraction of sp³-hybridized carbons (Fsp3) is 0.750. The molecule has 2 N–H and O–H groups in total. The molecule has 0 saturated carbocycles. The average Bonchev–Trinajstić information content (AvgIpc) is 2.51. The van der Waals surface area contributed by atoms with Gasteiger partial charge in [-0.3, -0.25) is 0 Å². The molecule has 0 bridgehead atoms. The summed E-state index contributed by atoms with van der Waals surface area (Å²) >= 11 is 0. The summed E-state index contributed by atoms with van der Waals surface area (Å²) in [7, 11) is 0. The Morgan fingerprint density at radius 2 is 2.42 bits per heavy atom. The number of hydrogen-bond acceptors (Lipinski definition) is 3. The standard InChI is InChI=1S/C8H13NO3/c10-5-6-1-3-9(12)4-2-7(11)8(6)9/h1,7-8,10-11H,2-5H2/t7-,8-,9+/m1/s1. The van der Waals surface area contributed by atoms with Gasteiger partial charge in [0.05, 0.1) is 19.7 Å². The van der Waals surface area contributed by atoms with Crippen LogP contribution in [0.3, 0.4) is 0 Å². The van der Waals surface area contributed by atoms with E-state index in [0.29, 0.717) is 19.5 Å². The van der Waals surface area contributed by atoms with Gasteiger partial charge in [0.2, 0.25) is 0 Å². The number of aliphatic hydroxyl groups excluding tert-OH is 2. The van der Waals surface area contributed by atoms with Gasteiger partial charge in [-0.05, 0) is 6.08 Å². The molecule has 0 spiro atoms. The van der Waals surface area contributed by atoms with Gasteiger partial charge in [0.1, 0.15) is 12.1 Å². The van der Waals surface area contributed by atoms with E-state index in [4.69, 9.17) is 5.11 Å². The van der Waals surface area contributed by atoms with Crippen molar-refractivity contribution in [1.82, 2.24) is 0 Å². The largest absolute Gasteiger partial charge is 0.632 e. The minimum Gasteiger partial charge on any atom is -0.632 e. The van der Waals surface area contributed by atoms with Crippen molar-refractivity contribution < 1.29 is 14.9 Å². The van der Waals surface area contributed by atoms with E-state index in [1.807, 2.05) is 0 Å². The Labute approximate surface area is 70.9 Å². The van der Waals surface area contributed by atoms with Crippen molar-refractivity contribution in [3.05, 3.63) is 16.9 Å². The highest BCUT2D eigenvalue weighted by atomic mass is 16.6. The number of fused-ring (bicyclic) bond motifs is 1. The van der Waals surface area contributed by atoms with Gasteiger partial charge < -0.3 is 20.1 Å². The molecule has 0 unspecified atom stereocenters. The average molecular weight is 171 g/mol. The molecule has 4 nitrogen and oxygen atoms in total. The predicted molar refractivity (Wildman–Crippen MR) is 42.9 cm³/mol. The Morgan fingerprint density at radius 1 is 1.67 bits per heavy atom. The van der Waals surface area contributed by atoms with Gasteiger partial charge in [-0.15, -0.1) is 0 Å². The fourth-order valence-electron chi connectivity index (χ4n) is 2.27. The Hall–Kier alpha value is -0.420. The van der Waals surface area contributed by atoms with Gasteiger partial charge in [0.15, 0.2) is 0 Å². The first kappa shape index (κ1) is 8.19.